The van der Waals surface area contributed by atoms with Gasteiger partial charge >= 0.3 is 0 Å². The minimum absolute atomic E-state index is 1.14. The summed E-state index contributed by atoms with van der Waals surface area (Å²) in [4.78, 5) is 2.67. The van der Waals surface area contributed by atoms with E-state index in [1.165, 1.54) is 95.4 Å². The van der Waals surface area contributed by atoms with E-state index in [4.69, 9.17) is 0 Å². The lowest BCUT2D eigenvalue weighted by molar-refractivity contribution is 1.18. The van der Waals surface area contributed by atoms with E-state index in [9.17, 15) is 0 Å². The Morgan fingerprint density at radius 1 is 0.229 bits per heavy atom. The minimum Gasteiger partial charge on any atom is -0.311 e. The third-order valence-electron chi connectivity index (χ3n) is 17.7. The number of rotatable bonds is 12. The molecule has 0 aliphatic carbocycles. The largest absolute Gasteiger partial charge is 0.311 e. The van der Waals surface area contributed by atoms with Crippen LogP contribution in [0.15, 0.2) is 352 Å². The van der Waals surface area contributed by atoms with Crippen LogP contribution >= 0.6 is 0 Å². The summed E-state index contributed by atoms with van der Waals surface area (Å²) in [6.07, 6.45) is 0. The van der Waals surface area contributed by atoms with Gasteiger partial charge in [0.2, 0.25) is 0 Å². The first-order valence-corrected chi connectivity index (χ1v) is 34.8. The second kappa shape index (κ2) is 20.9. The second-order valence-corrected chi connectivity index (χ2v) is 33.2. The Morgan fingerprint density at radius 2 is 0.554 bits per heavy atom. The number of anilines is 3. The molecule has 0 atom stereocenters. The lowest BCUT2D eigenvalue weighted by Crippen LogP contribution is -2.78. The quantitative estimate of drug-likeness (QED) is 0.0874. The number of fused-ring (bicyclic) bond motifs is 5. The van der Waals surface area contributed by atoms with Gasteiger partial charge in [0.05, 0.1) is 11.0 Å². The van der Waals surface area contributed by atoms with Gasteiger partial charge in [-0.05, 0) is 111 Å². The SMILES string of the molecule is c1ccc([Si](c2ccccc2)(c2ccccc2)c2cc(N3c4ccccc4[Si](c4ccccc4)(c4ccccc4)c4cc(-n5c6ccccc6c6ccccc65)ccc43)cc([Si](c3ccccc3)(c3ccccc3)c3ccccc3)c2)cc1. The molecule has 1 aromatic heterocycles. The van der Waals surface area contributed by atoms with Gasteiger partial charge in [0.15, 0.2) is 24.2 Å². The zero-order valence-corrected chi connectivity index (χ0v) is 48.9. The number of hydrogen-bond acceptors (Lipinski definition) is 1. The summed E-state index contributed by atoms with van der Waals surface area (Å²) in [7, 11) is -9.63. The molecule has 0 radical (unpaired) electrons. The molecule has 83 heavy (non-hydrogen) atoms. The molecule has 0 bridgehead atoms. The number of para-hydroxylation sites is 3. The van der Waals surface area contributed by atoms with Gasteiger partial charge in [-0.3, -0.25) is 0 Å². The van der Waals surface area contributed by atoms with Crippen LogP contribution in [0.5, 0.6) is 0 Å². The molecule has 0 saturated heterocycles. The lowest BCUT2D eigenvalue weighted by Gasteiger charge is -2.46. The van der Waals surface area contributed by atoms with Crippen LogP contribution < -0.4 is 67.1 Å². The first-order valence-electron chi connectivity index (χ1n) is 28.8. The summed E-state index contributed by atoms with van der Waals surface area (Å²) in [5.41, 5.74) is 7.06. The predicted octanol–water partition coefficient (Wildman–Crippen LogP) is 10.7. The van der Waals surface area contributed by atoms with Gasteiger partial charge in [0, 0.05) is 33.5 Å². The van der Waals surface area contributed by atoms with Gasteiger partial charge in [-0.1, -0.05) is 303 Å². The molecule has 392 valence electrons. The van der Waals surface area contributed by atoms with Gasteiger partial charge in [-0.25, -0.2) is 0 Å². The highest BCUT2D eigenvalue weighted by Crippen LogP contribution is 2.40. The molecule has 1 aliphatic heterocycles. The first kappa shape index (κ1) is 50.1. The Hall–Kier alpha value is -9.89. The third kappa shape index (κ3) is 7.88. The number of aromatic nitrogens is 1. The zero-order chi connectivity index (χ0) is 55.2. The Kier molecular flexibility index (Phi) is 12.6. The van der Waals surface area contributed by atoms with E-state index >= 15 is 0 Å². The monoisotopic (exact) mass is 1110 g/mol. The Labute approximate surface area is 489 Å². The van der Waals surface area contributed by atoms with Crippen molar-refractivity contribution in [1.29, 1.82) is 0 Å². The molecule has 5 heteroatoms. The third-order valence-corrected chi connectivity index (χ3v) is 32.1. The smallest absolute Gasteiger partial charge is 0.184 e. The fraction of sp³-hybridized carbons (Fsp3) is 0. The highest BCUT2D eigenvalue weighted by molar-refractivity contribution is 7.23. The van der Waals surface area contributed by atoms with Gasteiger partial charge in [-0.15, -0.1) is 0 Å². The van der Waals surface area contributed by atoms with E-state index < -0.39 is 24.2 Å². The van der Waals surface area contributed by atoms with Crippen LogP contribution in [0.1, 0.15) is 0 Å². The number of hydrogen-bond donors (Lipinski definition) is 0. The van der Waals surface area contributed by atoms with E-state index in [0.717, 1.165) is 11.4 Å². The molecule has 15 rings (SSSR count). The van der Waals surface area contributed by atoms with Gasteiger partial charge in [-0.2, -0.15) is 0 Å². The van der Waals surface area contributed by atoms with Crippen molar-refractivity contribution in [3.8, 4) is 5.69 Å². The Balaban J connectivity index is 1.13. The molecule has 13 aromatic carbocycles. The van der Waals surface area contributed by atoms with Crippen molar-refractivity contribution >= 4 is 125 Å². The summed E-state index contributed by atoms with van der Waals surface area (Å²) < 4.78 is 2.50. The molecule has 1 aliphatic rings. The average Bonchev–Trinajstić information content (AvgIpc) is 2.86. The maximum absolute atomic E-state index is 3.22. The summed E-state index contributed by atoms with van der Waals surface area (Å²) in [5.74, 6) is 0. The van der Waals surface area contributed by atoms with Gasteiger partial charge in [0.25, 0.3) is 0 Å². The fourth-order valence-corrected chi connectivity index (χ4v) is 29.3. The van der Waals surface area contributed by atoms with Crippen molar-refractivity contribution in [3.63, 3.8) is 0 Å². The van der Waals surface area contributed by atoms with E-state index in [2.05, 4.69) is 361 Å². The van der Waals surface area contributed by atoms with Crippen LogP contribution in [0.4, 0.5) is 17.1 Å². The molecule has 0 fully saturated rings. The molecule has 2 nitrogen and oxygen atoms in total. The molecule has 0 amide bonds. The van der Waals surface area contributed by atoms with Crippen molar-refractivity contribution in [2.75, 3.05) is 4.90 Å². The van der Waals surface area contributed by atoms with Crippen molar-refractivity contribution in [3.05, 3.63) is 352 Å². The molecular formula is C78H58N2Si3. The normalized spacial score (nSPS) is 12.9. The van der Waals surface area contributed by atoms with Crippen LogP contribution in [0.25, 0.3) is 27.5 Å². The maximum Gasteiger partial charge on any atom is 0.184 e. The van der Waals surface area contributed by atoms with Crippen LogP contribution in [0.2, 0.25) is 0 Å². The first-order chi connectivity index (χ1) is 41.2. The Morgan fingerprint density at radius 3 is 0.952 bits per heavy atom. The van der Waals surface area contributed by atoms with E-state index in [1.54, 1.807) is 0 Å². The highest BCUT2D eigenvalue weighted by atomic mass is 28.3. The Bertz CT molecular complexity index is 4170. The van der Waals surface area contributed by atoms with Crippen LogP contribution in [0, 0.1) is 0 Å². The zero-order valence-electron chi connectivity index (χ0n) is 45.9. The van der Waals surface area contributed by atoms with Gasteiger partial charge in [0.1, 0.15) is 0 Å². The van der Waals surface area contributed by atoms with Gasteiger partial charge < -0.3 is 9.47 Å². The summed E-state index contributed by atoms with van der Waals surface area (Å²) >= 11 is 0. The molecule has 2 heterocycles. The molecule has 0 spiro atoms. The molecular weight excluding hydrogens is 1050 g/mol. The minimum atomic E-state index is -3.22. The summed E-state index contributed by atoms with van der Waals surface area (Å²) in [6, 6.07) is 134. The maximum atomic E-state index is 2.68. The number of nitrogens with zero attached hydrogens (tertiary/aromatic N) is 2. The van der Waals surface area contributed by atoms with Crippen molar-refractivity contribution in [2.24, 2.45) is 0 Å². The average molecular weight is 1110 g/mol. The van der Waals surface area contributed by atoms with Crippen molar-refractivity contribution in [1.82, 2.24) is 4.57 Å². The van der Waals surface area contributed by atoms with E-state index in [-0.39, 0.29) is 0 Å². The molecule has 0 unspecified atom stereocenters. The van der Waals surface area contributed by atoms with Crippen LogP contribution in [0.3, 0.4) is 0 Å². The summed E-state index contributed by atoms with van der Waals surface area (Å²) in [6.45, 7) is 0. The van der Waals surface area contributed by atoms with Crippen LogP contribution in [-0.4, -0.2) is 28.8 Å². The molecule has 0 saturated carbocycles. The highest BCUT2D eigenvalue weighted by Gasteiger charge is 2.51. The molecule has 14 aromatic rings. The van der Waals surface area contributed by atoms with Crippen molar-refractivity contribution < 1.29 is 0 Å². The molecule has 0 N–H and O–H groups in total. The number of benzene rings is 13. The second-order valence-electron chi connectivity index (χ2n) is 21.9. The topological polar surface area (TPSA) is 8.17 Å². The van der Waals surface area contributed by atoms with E-state index in [0.29, 0.717) is 0 Å². The predicted molar refractivity (Wildman–Crippen MR) is 360 cm³/mol. The lowest BCUT2D eigenvalue weighted by atomic mass is 10.1. The summed E-state index contributed by atoms with van der Waals surface area (Å²) in [5, 5.41) is 18.6. The van der Waals surface area contributed by atoms with E-state index in [1.807, 2.05) is 0 Å². The fourth-order valence-electron chi connectivity index (χ4n) is 14.4. The van der Waals surface area contributed by atoms with Crippen molar-refractivity contribution in [2.45, 2.75) is 0 Å². The van der Waals surface area contributed by atoms with Crippen LogP contribution in [-0.2, 0) is 0 Å². The standard InChI is InChI=1S/C78H58N2Si3/c1-9-31-61(32-10-1)81(62-33-11-2-12-34-62,63-35-13-3-14-36-63)69-55-60(56-70(58-69)82(64-37-15-4-16-38-64,65-39-17-5-18-40-65)66-41-19-6-20-42-66)80-75-51-29-30-52-77(75)83(67-43-21-7-22-44-67,68-45-23-8-24-46-68)78-57-59(53-54-76(78)80)79-73-49-27-25-47-71(73)72-48-26-28-50-74(72)79/h1-58H.